The summed E-state index contributed by atoms with van der Waals surface area (Å²) in [6, 6.07) is 4.30. The van der Waals surface area contributed by atoms with E-state index < -0.39 is 32.4 Å². The van der Waals surface area contributed by atoms with Crippen molar-refractivity contribution in [3.63, 3.8) is 0 Å². The van der Waals surface area contributed by atoms with Crippen LogP contribution in [0.1, 0.15) is 10.5 Å². The molecule has 1 aromatic carbocycles. The van der Waals surface area contributed by atoms with Crippen molar-refractivity contribution in [2.24, 2.45) is 7.05 Å². The highest BCUT2D eigenvalue weighted by atomic mass is 32.2. The number of nitrogens with zero attached hydrogens (tertiary/aromatic N) is 7. The molecule has 1 aliphatic heterocycles. The molecule has 4 rings (SSSR count). The van der Waals surface area contributed by atoms with Gasteiger partial charge in [-0.3, -0.25) is 19.6 Å². The van der Waals surface area contributed by atoms with E-state index in [9.17, 15) is 27.7 Å². The number of sulfonamides is 1. The quantitative estimate of drug-likeness (QED) is 0.348. The van der Waals surface area contributed by atoms with Gasteiger partial charge >= 0.3 is 5.69 Å². The Hall–Kier alpha value is -3.85. The van der Waals surface area contributed by atoms with Gasteiger partial charge in [0.1, 0.15) is 10.7 Å². The first-order valence-corrected chi connectivity index (χ1v) is 11.5. The number of hydrogen-bond acceptors (Lipinski definition) is 8. The van der Waals surface area contributed by atoms with E-state index >= 15 is 0 Å². The first-order chi connectivity index (χ1) is 16.1. The lowest BCUT2D eigenvalue weighted by atomic mass is 10.3. The van der Waals surface area contributed by atoms with Crippen LogP contribution in [-0.4, -0.2) is 74.2 Å². The van der Waals surface area contributed by atoms with E-state index in [0.29, 0.717) is 0 Å². The number of aryl methyl sites for hydroxylation is 1. The summed E-state index contributed by atoms with van der Waals surface area (Å²) in [5.41, 5.74) is -0.301. The van der Waals surface area contributed by atoms with E-state index in [1.165, 1.54) is 43.2 Å². The largest absolute Gasteiger partial charge is 0.464 e. The summed E-state index contributed by atoms with van der Waals surface area (Å²) in [7, 11) is -2.07. The Labute approximate surface area is 193 Å². The molecule has 3 heterocycles. The molecule has 1 amide bonds. The van der Waals surface area contributed by atoms with Gasteiger partial charge in [0.15, 0.2) is 12.4 Å². The summed E-state index contributed by atoms with van der Waals surface area (Å²) in [6.07, 6.45) is 4.14. The molecular formula is C19H20FN7O6S. The third kappa shape index (κ3) is 4.74. The summed E-state index contributed by atoms with van der Waals surface area (Å²) in [6.45, 7) is 0.315. The highest BCUT2D eigenvalue weighted by molar-refractivity contribution is 7.89. The van der Waals surface area contributed by atoms with Crippen molar-refractivity contribution in [2.75, 3.05) is 26.2 Å². The van der Waals surface area contributed by atoms with Gasteiger partial charge < -0.3 is 9.64 Å². The van der Waals surface area contributed by atoms with Crippen LogP contribution in [0, 0.1) is 15.9 Å². The van der Waals surface area contributed by atoms with Crippen LogP contribution in [0.3, 0.4) is 0 Å². The van der Waals surface area contributed by atoms with Crippen LogP contribution >= 0.6 is 0 Å². The zero-order valence-corrected chi connectivity index (χ0v) is 18.8. The standard InChI is InChI=1S/C19H20FN7O6S/c1-23-12-15(11-21-23)34(31,32)26-8-6-24(7-9-26)19(28)16-4-5-25(22-16)13-33-18-10-14(20)2-3-17(18)27(29)30/h2-5,10-12H,6-9,13H2,1H3. The van der Waals surface area contributed by atoms with Gasteiger partial charge in [-0.05, 0) is 12.1 Å². The fourth-order valence-corrected chi connectivity index (χ4v) is 4.82. The third-order valence-electron chi connectivity index (χ3n) is 5.18. The lowest BCUT2D eigenvalue weighted by Crippen LogP contribution is -2.50. The van der Waals surface area contributed by atoms with E-state index in [-0.39, 0.29) is 49.2 Å². The number of hydrogen-bond donors (Lipinski definition) is 0. The maximum Gasteiger partial charge on any atom is 0.311 e. The van der Waals surface area contributed by atoms with Crippen molar-refractivity contribution in [3.8, 4) is 5.75 Å². The summed E-state index contributed by atoms with van der Waals surface area (Å²) < 4.78 is 48.1. The molecule has 0 unspecified atom stereocenters. The Morgan fingerprint density at radius 1 is 1.24 bits per heavy atom. The highest BCUT2D eigenvalue weighted by Crippen LogP contribution is 2.27. The number of halogens is 1. The molecule has 1 fully saturated rings. The van der Waals surface area contributed by atoms with Crippen molar-refractivity contribution < 1.29 is 27.3 Å². The molecular weight excluding hydrogens is 473 g/mol. The number of rotatable bonds is 7. The molecule has 0 N–H and O–H groups in total. The summed E-state index contributed by atoms with van der Waals surface area (Å²) in [4.78, 5) is 24.7. The predicted octanol–water partition coefficient (Wildman–Crippen LogP) is 0.847. The number of piperazine rings is 1. The van der Waals surface area contributed by atoms with E-state index in [0.717, 1.165) is 18.2 Å². The average Bonchev–Trinajstić information content (AvgIpc) is 3.46. The normalized spacial score (nSPS) is 14.8. The van der Waals surface area contributed by atoms with E-state index in [1.54, 1.807) is 7.05 Å². The van der Waals surface area contributed by atoms with Gasteiger partial charge in [0.2, 0.25) is 15.8 Å². The SMILES string of the molecule is Cn1cc(S(=O)(=O)N2CCN(C(=O)c3ccn(COc4cc(F)ccc4[N+](=O)[O-])n3)CC2)cn1. The average molecular weight is 493 g/mol. The van der Waals surface area contributed by atoms with Crippen LogP contribution in [-0.2, 0) is 23.8 Å². The van der Waals surface area contributed by atoms with Crippen molar-refractivity contribution in [2.45, 2.75) is 11.6 Å². The molecule has 3 aromatic rings. The maximum atomic E-state index is 13.4. The van der Waals surface area contributed by atoms with Crippen LogP contribution in [0.5, 0.6) is 5.75 Å². The number of aromatic nitrogens is 4. The van der Waals surface area contributed by atoms with Crippen LogP contribution in [0.15, 0.2) is 47.8 Å². The van der Waals surface area contributed by atoms with Crippen molar-refractivity contribution in [3.05, 3.63) is 64.5 Å². The van der Waals surface area contributed by atoms with Crippen LogP contribution in [0.25, 0.3) is 0 Å². The number of ether oxygens (including phenoxy) is 1. The van der Waals surface area contributed by atoms with Gasteiger partial charge in [0, 0.05) is 57.8 Å². The van der Waals surface area contributed by atoms with Crippen LogP contribution in [0.2, 0.25) is 0 Å². The van der Waals surface area contributed by atoms with Gasteiger partial charge in [-0.25, -0.2) is 17.5 Å². The van der Waals surface area contributed by atoms with Gasteiger partial charge in [0.05, 0.1) is 11.1 Å². The molecule has 13 nitrogen and oxygen atoms in total. The topological polar surface area (TPSA) is 146 Å². The van der Waals surface area contributed by atoms with E-state index in [1.807, 2.05) is 0 Å². The minimum absolute atomic E-state index is 0.0899. The molecule has 0 saturated carbocycles. The molecule has 34 heavy (non-hydrogen) atoms. The zero-order valence-electron chi connectivity index (χ0n) is 17.9. The molecule has 0 spiro atoms. The van der Waals surface area contributed by atoms with Crippen LogP contribution in [0.4, 0.5) is 10.1 Å². The monoisotopic (exact) mass is 493 g/mol. The number of carbonyl (C=O) groups is 1. The lowest BCUT2D eigenvalue weighted by Gasteiger charge is -2.33. The number of amides is 1. The molecule has 0 bridgehead atoms. The molecule has 1 aliphatic rings. The van der Waals surface area contributed by atoms with Crippen molar-refractivity contribution in [1.82, 2.24) is 28.8 Å². The summed E-state index contributed by atoms with van der Waals surface area (Å²) >= 11 is 0. The third-order valence-corrected chi connectivity index (χ3v) is 7.03. The summed E-state index contributed by atoms with van der Waals surface area (Å²) in [5, 5.41) is 19.1. The number of nitro benzene ring substituents is 1. The van der Waals surface area contributed by atoms with Gasteiger partial charge in [-0.2, -0.15) is 14.5 Å². The molecule has 0 radical (unpaired) electrons. The Morgan fingerprint density at radius 3 is 2.62 bits per heavy atom. The molecule has 15 heteroatoms. The minimum atomic E-state index is -3.70. The highest BCUT2D eigenvalue weighted by Gasteiger charge is 2.31. The number of benzene rings is 1. The molecule has 2 aromatic heterocycles. The molecule has 1 saturated heterocycles. The Morgan fingerprint density at radius 2 is 1.97 bits per heavy atom. The van der Waals surface area contributed by atoms with Gasteiger partial charge in [-0.1, -0.05) is 0 Å². The fourth-order valence-electron chi connectivity index (χ4n) is 3.41. The van der Waals surface area contributed by atoms with Gasteiger partial charge in [-0.15, -0.1) is 0 Å². The van der Waals surface area contributed by atoms with Crippen molar-refractivity contribution >= 4 is 21.6 Å². The first-order valence-electron chi connectivity index (χ1n) is 10.0. The second kappa shape index (κ2) is 9.18. The second-order valence-corrected chi connectivity index (χ2v) is 9.37. The zero-order chi connectivity index (χ0) is 24.5. The number of carbonyl (C=O) groups excluding carboxylic acids is 1. The van der Waals surface area contributed by atoms with Crippen molar-refractivity contribution in [1.29, 1.82) is 0 Å². The van der Waals surface area contributed by atoms with E-state index in [4.69, 9.17) is 4.74 Å². The molecule has 0 atom stereocenters. The Balaban J connectivity index is 1.36. The Kier molecular flexibility index (Phi) is 6.30. The number of nitro groups is 1. The summed E-state index contributed by atoms with van der Waals surface area (Å²) in [5.74, 6) is -1.35. The maximum absolute atomic E-state index is 13.4. The first kappa shape index (κ1) is 23.3. The second-order valence-electron chi connectivity index (χ2n) is 7.43. The van der Waals surface area contributed by atoms with E-state index in [2.05, 4.69) is 10.2 Å². The predicted molar refractivity (Wildman–Crippen MR) is 114 cm³/mol. The van der Waals surface area contributed by atoms with Crippen LogP contribution < -0.4 is 4.74 Å². The fraction of sp³-hybridized carbons (Fsp3) is 0.316. The molecule has 0 aliphatic carbocycles. The smallest absolute Gasteiger partial charge is 0.311 e. The molecule has 180 valence electrons. The lowest BCUT2D eigenvalue weighted by molar-refractivity contribution is -0.386. The van der Waals surface area contributed by atoms with Gasteiger partial charge in [0.25, 0.3) is 5.91 Å². The Bertz CT molecular complexity index is 1330. The minimum Gasteiger partial charge on any atom is -0.464 e.